The van der Waals surface area contributed by atoms with E-state index in [-0.39, 0.29) is 0 Å². The van der Waals surface area contributed by atoms with Crippen LogP contribution in [-0.2, 0) is 19.5 Å². The van der Waals surface area contributed by atoms with Crippen LogP contribution < -0.4 is 0 Å². The summed E-state index contributed by atoms with van der Waals surface area (Å²) in [6, 6.07) is 8.60. The van der Waals surface area contributed by atoms with Crippen LogP contribution in [-0.4, -0.2) is 26.6 Å². The van der Waals surface area contributed by atoms with Crippen LogP contribution >= 0.6 is 0 Å². The third-order valence-electron chi connectivity index (χ3n) is 3.66. The lowest BCUT2D eigenvalue weighted by atomic mass is 10.1. The van der Waals surface area contributed by atoms with Gasteiger partial charge in [-0.05, 0) is 35.7 Å². The SMILES string of the molecule is CCc1noc(CN(CC)Cc2ccc3[nH]ccc3c2)n1. The van der Waals surface area contributed by atoms with Crippen LogP contribution in [0.5, 0.6) is 0 Å². The molecule has 0 saturated carbocycles. The highest BCUT2D eigenvalue weighted by Crippen LogP contribution is 2.16. The molecule has 1 aromatic carbocycles. The summed E-state index contributed by atoms with van der Waals surface area (Å²) >= 11 is 0. The Hall–Kier alpha value is -2.14. The fraction of sp³-hybridized carbons (Fsp3) is 0.375. The van der Waals surface area contributed by atoms with Gasteiger partial charge in [-0.2, -0.15) is 4.98 Å². The molecule has 0 saturated heterocycles. The second kappa shape index (κ2) is 6.10. The molecule has 3 rings (SSSR count). The summed E-state index contributed by atoms with van der Waals surface area (Å²) in [5, 5.41) is 5.19. The minimum atomic E-state index is 0.689. The molecule has 0 aliphatic heterocycles. The Morgan fingerprint density at radius 1 is 1.19 bits per heavy atom. The van der Waals surface area contributed by atoms with Gasteiger partial charge in [0.25, 0.3) is 0 Å². The summed E-state index contributed by atoms with van der Waals surface area (Å²) in [6.45, 7) is 6.68. The van der Waals surface area contributed by atoms with Crippen LogP contribution in [0.15, 0.2) is 35.0 Å². The molecule has 0 atom stereocenters. The lowest BCUT2D eigenvalue weighted by Gasteiger charge is -2.18. The second-order valence-electron chi connectivity index (χ2n) is 5.16. The summed E-state index contributed by atoms with van der Waals surface area (Å²) in [4.78, 5) is 9.88. The standard InChI is InChI=1S/C16H20N4O/c1-3-15-18-16(21-19-15)11-20(4-2)10-12-5-6-14-13(9-12)7-8-17-14/h5-9,17H,3-4,10-11H2,1-2H3. The Labute approximate surface area is 124 Å². The first-order chi connectivity index (χ1) is 10.3. The molecular formula is C16H20N4O. The van der Waals surface area contributed by atoms with E-state index in [1.807, 2.05) is 13.1 Å². The number of fused-ring (bicyclic) bond motifs is 1. The van der Waals surface area contributed by atoms with E-state index in [4.69, 9.17) is 4.52 Å². The number of hydrogen-bond donors (Lipinski definition) is 1. The highest BCUT2D eigenvalue weighted by Gasteiger charge is 2.11. The third-order valence-corrected chi connectivity index (χ3v) is 3.66. The van der Waals surface area contributed by atoms with Gasteiger partial charge in [0.15, 0.2) is 5.82 Å². The van der Waals surface area contributed by atoms with Crippen molar-refractivity contribution in [2.75, 3.05) is 6.54 Å². The predicted octanol–water partition coefficient (Wildman–Crippen LogP) is 3.14. The first kappa shape index (κ1) is 13.8. The minimum absolute atomic E-state index is 0.689. The highest BCUT2D eigenvalue weighted by molar-refractivity contribution is 5.79. The highest BCUT2D eigenvalue weighted by atomic mass is 16.5. The topological polar surface area (TPSA) is 58.0 Å². The molecule has 1 N–H and O–H groups in total. The molecule has 110 valence electrons. The number of nitrogens with zero attached hydrogens (tertiary/aromatic N) is 3. The maximum atomic E-state index is 5.28. The Kier molecular flexibility index (Phi) is 4.01. The molecule has 2 aromatic heterocycles. The molecule has 0 radical (unpaired) electrons. The monoisotopic (exact) mass is 284 g/mol. The van der Waals surface area contributed by atoms with Crippen molar-refractivity contribution in [1.82, 2.24) is 20.0 Å². The van der Waals surface area contributed by atoms with Crippen molar-refractivity contribution in [3.05, 3.63) is 47.7 Å². The van der Waals surface area contributed by atoms with Crippen molar-refractivity contribution in [1.29, 1.82) is 0 Å². The van der Waals surface area contributed by atoms with Crippen molar-refractivity contribution >= 4 is 10.9 Å². The number of hydrogen-bond acceptors (Lipinski definition) is 4. The summed E-state index contributed by atoms with van der Waals surface area (Å²) < 4.78 is 5.28. The van der Waals surface area contributed by atoms with Crippen LogP contribution in [0.25, 0.3) is 10.9 Å². The van der Waals surface area contributed by atoms with Gasteiger partial charge < -0.3 is 9.51 Å². The molecule has 5 heteroatoms. The molecule has 0 fully saturated rings. The van der Waals surface area contributed by atoms with Crippen LogP contribution in [0.2, 0.25) is 0 Å². The third kappa shape index (κ3) is 3.13. The summed E-state index contributed by atoms with van der Waals surface area (Å²) in [5.74, 6) is 1.46. The molecular weight excluding hydrogens is 264 g/mol. The van der Waals surface area contributed by atoms with Gasteiger partial charge >= 0.3 is 0 Å². The average molecular weight is 284 g/mol. The lowest BCUT2D eigenvalue weighted by Crippen LogP contribution is -2.22. The smallest absolute Gasteiger partial charge is 0.240 e. The first-order valence-corrected chi connectivity index (χ1v) is 7.38. The normalized spacial score (nSPS) is 11.6. The van der Waals surface area contributed by atoms with Crippen LogP contribution in [0.4, 0.5) is 0 Å². The average Bonchev–Trinajstić information content (AvgIpc) is 3.14. The lowest BCUT2D eigenvalue weighted by molar-refractivity contribution is 0.229. The van der Waals surface area contributed by atoms with Crippen molar-refractivity contribution in [3.8, 4) is 0 Å². The van der Waals surface area contributed by atoms with Crippen molar-refractivity contribution in [2.24, 2.45) is 0 Å². The predicted molar refractivity (Wildman–Crippen MR) is 81.8 cm³/mol. The van der Waals surface area contributed by atoms with Gasteiger partial charge in [-0.3, -0.25) is 4.90 Å². The molecule has 0 spiro atoms. The zero-order chi connectivity index (χ0) is 14.7. The Morgan fingerprint density at radius 3 is 2.86 bits per heavy atom. The van der Waals surface area contributed by atoms with Gasteiger partial charge in [-0.1, -0.05) is 25.1 Å². The molecule has 0 aliphatic carbocycles. The molecule has 0 bridgehead atoms. The number of rotatable bonds is 6. The van der Waals surface area contributed by atoms with Gasteiger partial charge in [0.2, 0.25) is 5.89 Å². The zero-order valence-electron chi connectivity index (χ0n) is 12.5. The maximum Gasteiger partial charge on any atom is 0.240 e. The van der Waals surface area contributed by atoms with Crippen molar-refractivity contribution in [2.45, 2.75) is 33.4 Å². The van der Waals surface area contributed by atoms with Gasteiger partial charge in [-0.25, -0.2) is 0 Å². The van der Waals surface area contributed by atoms with E-state index in [1.165, 1.54) is 16.5 Å². The molecule has 0 amide bonds. The largest absolute Gasteiger partial charge is 0.361 e. The van der Waals surface area contributed by atoms with Crippen molar-refractivity contribution in [3.63, 3.8) is 0 Å². The van der Waals surface area contributed by atoms with Crippen LogP contribution in [0.3, 0.4) is 0 Å². The Morgan fingerprint density at radius 2 is 2.10 bits per heavy atom. The molecule has 5 nitrogen and oxygen atoms in total. The molecule has 3 aromatic rings. The number of benzene rings is 1. The molecule has 0 unspecified atom stereocenters. The Bertz CT molecular complexity index is 716. The van der Waals surface area contributed by atoms with Gasteiger partial charge in [-0.15, -0.1) is 0 Å². The Balaban J connectivity index is 1.70. The van der Waals surface area contributed by atoms with E-state index in [0.29, 0.717) is 12.4 Å². The zero-order valence-corrected chi connectivity index (χ0v) is 12.5. The summed E-state index contributed by atoms with van der Waals surface area (Å²) in [7, 11) is 0. The minimum Gasteiger partial charge on any atom is -0.361 e. The molecule has 0 aliphatic rings. The number of aromatic amines is 1. The summed E-state index contributed by atoms with van der Waals surface area (Å²) in [5.41, 5.74) is 2.46. The van der Waals surface area contributed by atoms with E-state index < -0.39 is 0 Å². The second-order valence-corrected chi connectivity index (χ2v) is 5.16. The molecule has 21 heavy (non-hydrogen) atoms. The van der Waals surface area contributed by atoms with E-state index in [2.05, 4.69) is 51.2 Å². The number of aryl methyl sites for hydroxylation is 1. The summed E-state index contributed by atoms with van der Waals surface area (Å²) in [6.07, 6.45) is 2.77. The van der Waals surface area contributed by atoms with E-state index in [9.17, 15) is 0 Å². The number of nitrogens with one attached hydrogen (secondary N) is 1. The van der Waals surface area contributed by atoms with Gasteiger partial charge in [0, 0.05) is 24.7 Å². The quantitative estimate of drug-likeness (QED) is 0.755. The van der Waals surface area contributed by atoms with E-state index in [1.54, 1.807) is 0 Å². The van der Waals surface area contributed by atoms with Crippen LogP contribution in [0, 0.1) is 0 Å². The van der Waals surface area contributed by atoms with E-state index >= 15 is 0 Å². The van der Waals surface area contributed by atoms with E-state index in [0.717, 1.165) is 25.3 Å². The fourth-order valence-electron chi connectivity index (χ4n) is 2.43. The van der Waals surface area contributed by atoms with Crippen LogP contribution in [0.1, 0.15) is 31.1 Å². The maximum absolute atomic E-state index is 5.28. The number of H-pyrrole nitrogens is 1. The van der Waals surface area contributed by atoms with Crippen molar-refractivity contribution < 1.29 is 4.52 Å². The number of aromatic nitrogens is 3. The first-order valence-electron chi connectivity index (χ1n) is 7.38. The fourth-order valence-corrected chi connectivity index (χ4v) is 2.43. The van der Waals surface area contributed by atoms with Gasteiger partial charge in [0.1, 0.15) is 0 Å². The van der Waals surface area contributed by atoms with Gasteiger partial charge in [0.05, 0.1) is 6.54 Å². The molecule has 2 heterocycles.